The van der Waals surface area contributed by atoms with Crippen LogP contribution in [0.1, 0.15) is 60.4 Å². The van der Waals surface area contributed by atoms with Crippen molar-refractivity contribution in [1.82, 2.24) is 9.13 Å². The van der Waals surface area contributed by atoms with E-state index >= 15 is 0 Å². The Balaban J connectivity index is 0.848. The van der Waals surface area contributed by atoms with Gasteiger partial charge in [-0.2, -0.15) is 0 Å². The van der Waals surface area contributed by atoms with Crippen LogP contribution in [0.25, 0.3) is 67.4 Å². The first-order valence-electron chi connectivity index (χ1n) is 20.8. The van der Waals surface area contributed by atoms with E-state index in [4.69, 9.17) is 5.73 Å². The lowest BCUT2D eigenvalue weighted by Gasteiger charge is -2.23. The molecular weight excluding hydrogens is 733 g/mol. The molecule has 0 spiro atoms. The predicted octanol–water partition coefficient (Wildman–Crippen LogP) is 13.4. The third kappa shape index (κ3) is 5.41. The van der Waals surface area contributed by atoms with E-state index < -0.39 is 0 Å². The smallest absolute Gasteiger partial charge is 0.123 e. The molecule has 1 aliphatic heterocycles. The Morgan fingerprint density at radius 3 is 1.87 bits per heavy atom. The Morgan fingerprint density at radius 2 is 1.22 bits per heavy atom. The number of para-hydroxylation sites is 3. The molecule has 1 atom stereocenters. The molecular formula is C54H46N6. The fraction of sp³-hybridized carbons (Fsp3) is 0.111. The van der Waals surface area contributed by atoms with Gasteiger partial charge in [0.05, 0.1) is 45.0 Å². The van der Waals surface area contributed by atoms with Gasteiger partial charge in [0.2, 0.25) is 0 Å². The fourth-order valence-electron chi connectivity index (χ4n) is 9.82. The summed E-state index contributed by atoms with van der Waals surface area (Å²) in [6.07, 6.45) is 6.16. The first-order chi connectivity index (χ1) is 29.3. The van der Waals surface area contributed by atoms with Crippen LogP contribution in [0, 0.1) is 0 Å². The number of hydrogen-bond acceptors (Lipinski definition) is 4. The average Bonchev–Trinajstić information content (AvgIpc) is 3.99. The molecule has 0 fully saturated rings. The summed E-state index contributed by atoms with van der Waals surface area (Å²) in [7, 11) is 0. The highest BCUT2D eigenvalue weighted by molar-refractivity contribution is 6.09. The van der Waals surface area contributed by atoms with Crippen LogP contribution < -0.4 is 21.7 Å². The van der Waals surface area contributed by atoms with Gasteiger partial charge in [-0.15, -0.1) is 0 Å². The topological polar surface area (TPSA) is 72.0 Å². The van der Waals surface area contributed by atoms with Crippen molar-refractivity contribution in [2.24, 2.45) is 0 Å². The molecule has 0 radical (unpaired) electrons. The quantitative estimate of drug-likeness (QED) is 0.116. The fourth-order valence-corrected chi connectivity index (χ4v) is 9.82. The molecule has 60 heavy (non-hydrogen) atoms. The van der Waals surface area contributed by atoms with Crippen LogP contribution in [0.2, 0.25) is 0 Å². The molecule has 3 heterocycles. The van der Waals surface area contributed by atoms with Crippen molar-refractivity contribution in [3.63, 3.8) is 0 Å². The SMILES string of the molecule is C=Cc1c(/C=C\C)n(-c2ccc(CNc3cc4c(cc3N)C(C)(C)c3cc5c(cc3-4)NC(c3ccc(-n4c6ccccc6c6ccccc64)cc3)N5)cc2)c2ccccc12. The van der Waals surface area contributed by atoms with Crippen molar-refractivity contribution in [2.75, 3.05) is 21.7 Å². The molecule has 11 rings (SSSR count). The van der Waals surface area contributed by atoms with E-state index in [1.807, 2.05) is 6.08 Å². The number of nitrogens with one attached hydrogen (secondary N) is 3. The van der Waals surface area contributed by atoms with Gasteiger partial charge in [-0.05, 0) is 113 Å². The van der Waals surface area contributed by atoms with Crippen LogP contribution in [0.5, 0.6) is 0 Å². The summed E-state index contributed by atoms with van der Waals surface area (Å²) in [6.45, 7) is 11.4. The molecule has 7 aromatic carbocycles. The first-order valence-corrected chi connectivity index (χ1v) is 20.8. The third-order valence-corrected chi connectivity index (χ3v) is 12.8. The number of benzene rings is 7. The molecule has 0 amide bonds. The predicted molar refractivity (Wildman–Crippen MR) is 255 cm³/mol. The largest absolute Gasteiger partial charge is 0.397 e. The molecule has 6 heteroatoms. The van der Waals surface area contributed by atoms with E-state index in [9.17, 15) is 0 Å². The van der Waals surface area contributed by atoms with Crippen LogP contribution in [-0.2, 0) is 12.0 Å². The summed E-state index contributed by atoms with van der Waals surface area (Å²) in [5, 5.41) is 15.0. The number of hydrogen-bond donors (Lipinski definition) is 4. The van der Waals surface area contributed by atoms with Crippen molar-refractivity contribution in [3.8, 4) is 22.5 Å². The van der Waals surface area contributed by atoms with E-state index in [0.717, 1.165) is 50.9 Å². The van der Waals surface area contributed by atoms with Crippen molar-refractivity contribution in [1.29, 1.82) is 0 Å². The maximum Gasteiger partial charge on any atom is 0.123 e. The second kappa shape index (κ2) is 13.6. The van der Waals surface area contributed by atoms with E-state index in [1.54, 1.807) is 0 Å². The van der Waals surface area contributed by atoms with Gasteiger partial charge in [0.1, 0.15) is 6.17 Å². The van der Waals surface area contributed by atoms with Crippen LogP contribution in [0.15, 0.2) is 158 Å². The lowest BCUT2D eigenvalue weighted by molar-refractivity contribution is 0.661. The summed E-state index contributed by atoms with van der Waals surface area (Å²) < 4.78 is 4.68. The molecule has 0 bridgehead atoms. The molecule has 1 aliphatic carbocycles. The van der Waals surface area contributed by atoms with Gasteiger partial charge >= 0.3 is 0 Å². The van der Waals surface area contributed by atoms with Crippen LogP contribution >= 0.6 is 0 Å². The minimum Gasteiger partial charge on any atom is -0.397 e. The number of aromatic nitrogens is 2. The second-order valence-electron chi connectivity index (χ2n) is 16.6. The van der Waals surface area contributed by atoms with Gasteiger partial charge in [-0.25, -0.2) is 0 Å². The van der Waals surface area contributed by atoms with Crippen LogP contribution in [-0.4, -0.2) is 9.13 Å². The summed E-state index contributed by atoms with van der Waals surface area (Å²) in [5.41, 5.74) is 26.0. The number of nitrogen functional groups attached to an aromatic ring is 1. The monoisotopic (exact) mass is 778 g/mol. The van der Waals surface area contributed by atoms with Gasteiger partial charge in [0.25, 0.3) is 0 Å². The molecule has 1 unspecified atom stereocenters. The maximum absolute atomic E-state index is 6.80. The number of fused-ring (bicyclic) bond motifs is 8. The maximum atomic E-state index is 6.80. The summed E-state index contributed by atoms with van der Waals surface area (Å²) in [4.78, 5) is 0. The number of nitrogens with two attached hydrogens (primary N) is 1. The third-order valence-electron chi connectivity index (χ3n) is 12.8. The van der Waals surface area contributed by atoms with Crippen molar-refractivity contribution in [2.45, 2.75) is 38.9 Å². The Labute approximate surface area is 350 Å². The standard InChI is InChI=1S/C54H46N6/c1-5-13-49-37(6-2)38-14-7-10-17-50(38)59(49)35-24-20-33(21-25-35)32-56-46-28-41-42-29-47-48(31-44(42)54(3,4)43(41)30-45(46)55)58-53(57-47)34-22-26-36(27-23-34)60-51-18-11-8-15-39(51)40-16-9-12-19-52(40)60/h5-31,53,56-58H,2,32,55H2,1,3-4H3/b13-5-. The number of rotatable bonds is 8. The minimum atomic E-state index is -0.203. The zero-order valence-electron chi connectivity index (χ0n) is 34.1. The van der Waals surface area contributed by atoms with Crippen LogP contribution in [0.3, 0.4) is 0 Å². The Kier molecular flexibility index (Phi) is 8.07. The summed E-state index contributed by atoms with van der Waals surface area (Å²) in [6, 6.07) is 52.6. The number of anilines is 4. The highest BCUT2D eigenvalue weighted by Gasteiger charge is 2.38. The van der Waals surface area contributed by atoms with Crippen molar-refractivity contribution < 1.29 is 0 Å². The highest BCUT2D eigenvalue weighted by Crippen LogP contribution is 2.54. The van der Waals surface area contributed by atoms with Gasteiger partial charge in [-0.1, -0.05) is 111 Å². The zero-order valence-corrected chi connectivity index (χ0v) is 34.1. The van der Waals surface area contributed by atoms with Crippen LogP contribution in [0.4, 0.5) is 22.7 Å². The Bertz CT molecular complexity index is 3160. The van der Waals surface area contributed by atoms with Gasteiger partial charge in [0.15, 0.2) is 0 Å². The molecule has 0 saturated carbocycles. The average molecular weight is 779 g/mol. The highest BCUT2D eigenvalue weighted by atomic mass is 15.2. The van der Waals surface area contributed by atoms with E-state index in [0.29, 0.717) is 6.54 Å². The lowest BCUT2D eigenvalue weighted by Crippen LogP contribution is -2.16. The second-order valence-corrected chi connectivity index (χ2v) is 16.6. The number of nitrogens with zero attached hydrogens (tertiary/aromatic N) is 2. The minimum absolute atomic E-state index is 0.0395. The number of allylic oxidation sites excluding steroid dienone is 1. The summed E-state index contributed by atoms with van der Waals surface area (Å²) >= 11 is 0. The van der Waals surface area contributed by atoms with E-state index in [-0.39, 0.29) is 11.6 Å². The molecule has 9 aromatic rings. The first kappa shape index (κ1) is 35.7. The van der Waals surface area contributed by atoms with Gasteiger partial charge < -0.3 is 30.8 Å². The lowest BCUT2D eigenvalue weighted by atomic mass is 9.82. The van der Waals surface area contributed by atoms with E-state index in [2.05, 4.69) is 210 Å². The normalized spacial score (nSPS) is 14.9. The molecule has 2 aromatic heterocycles. The zero-order chi connectivity index (χ0) is 40.7. The Morgan fingerprint density at radius 1 is 0.667 bits per heavy atom. The van der Waals surface area contributed by atoms with Gasteiger partial charge in [-0.3, -0.25) is 0 Å². The molecule has 5 N–H and O–H groups in total. The summed E-state index contributed by atoms with van der Waals surface area (Å²) in [5.74, 6) is 0. The van der Waals surface area contributed by atoms with Gasteiger partial charge in [0, 0.05) is 45.1 Å². The van der Waals surface area contributed by atoms with E-state index in [1.165, 1.54) is 60.6 Å². The van der Waals surface area contributed by atoms with Crippen molar-refractivity contribution >= 4 is 67.6 Å². The molecule has 2 aliphatic rings. The van der Waals surface area contributed by atoms with Crippen molar-refractivity contribution in [3.05, 3.63) is 192 Å². The Hall–Kier alpha value is -7.44. The molecule has 6 nitrogen and oxygen atoms in total. The molecule has 292 valence electrons. The molecule has 0 saturated heterocycles.